The topological polar surface area (TPSA) is 55.1 Å². The molecular formula is C16H24N2O. The largest absolute Gasteiger partial charge is 0.349 e. The van der Waals surface area contributed by atoms with Gasteiger partial charge in [0.2, 0.25) is 5.91 Å². The lowest BCUT2D eigenvalue weighted by Crippen LogP contribution is -2.35. The maximum absolute atomic E-state index is 12.2. The minimum atomic E-state index is 0.0842. The van der Waals surface area contributed by atoms with Crippen LogP contribution >= 0.6 is 0 Å². The van der Waals surface area contributed by atoms with E-state index in [-0.39, 0.29) is 17.9 Å². The SMILES string of the molecule is C[C@@H](NC(=O)C1CCC(CN)CC1)c1ccccc1. The first-order chi connectivity index (χ1) is 9.20. The van der Waals surface area contributed by atoms with Crippen molar-refractivity contribution < 1.29 is 4.79 Å². The fraction of sp³-hybridized carbons (Fsp3) is 0.562. The van der Waals surface area contributed by atoms with Crippen molar-refractivity contribution in [3.8, 4) is 0 Å². The molecule has 0 spiro atoms. The fourth-order valence-electron chi connectivity index (χ4n) is 2.82. The number of carbonyl (C=O) groups excluding carboxylic acids is 1. The molecule has 1 saturated carbocycles. The molecule has 1 aliphatic rings. The molecule has 1 aliphatic carbocycles. The second-order valence-electron chi connectivity index (χ2n) is 5.59. The average molecular weight is 260 g/mol. The summed E-state index contributed by atoms with van der Waals surface area (Å²) in [5.41, 5.74) is 6.84. The Morgan fingerprint density at radius 2 is 1.89 bits per heavy atom. The number of benzene rings is 1. The Morgan fingerprint density at radius 1 is 1.26 bits per heavy atom. The van der Waals surface area contributed by atoms with Gasteiger partial charge in [-0.15, -0.1) is 0 Å². The molecule has 0 aliphatic heterocycles. The molecule has 1 aromatic carbocycles. The lowest BCUT2D eigenvalue weighted by Gasteiger charge is -2.28. The number of nitrogens with two attached hydrogens (primary N) is 1. The van der Waals surface area contributed by atoms with Crippen LogP contribution in [-0.4, -0.2) is 12.5 Å². The van der Waals surface area contributed by atoms with Gasteiger partial charge >= 0.3 is 0 Å². The number of amides is 1. The van der Waals surface area contributed by atoms with Gasteiger partial charge < -0.3 is 11.1 Å². The molecule has 0 bridgehead atoms. The summed E-state index contributed by atoms with van der Waals surface area (Å²) in [6.45, 7) is 2.80. The minimum absolute atomic E-state index is 0.0842. The van der Waals surface area contributed by atoms with E-state index in [2.05, 4.69) is 17.4 Å². The van der Waals surface area contributed by atoms with Crippen LogP contribution < -0.4 is 11.1 Å². The van der Waals surface area contributed by atoms with Crippen molar-refractivity contribution in [2.45, 2.75) is 38.6 Å². The Morgan fingerprint density at radius 3 is 2.47 bits per heavy atom. The van der Waals surface area contributed by atoms with E-state index in [0.717, 1.165) is 37.8 Å². The first-order valence-electron chi connectivity index (χ1n) is 7.26. The fourth-order valence-corrected chi connectivity index (χ4v) is 2.82. The molecule has 104 valence electrons. The van der Waals surface area contributed by atoms with Gasteiger partial charge in [-0.25, -0.2) is 0 Å². The zero-order valence-corrected chi connectivity index (χ0v) is 11.6. The van der Waals surface area contributed by atoms with Crippen molar-refractivity contribution in [3.05, 3.63) is 35.9 Å². The summed E-state index contributed by atoms with van der Waals surface area (Å²) in [5.74, 6) is 0.997. The minimum Gasteiger partial charge on any atom is -0.349 e. The molecule has 0 heterocycles. The van der Waals surface area contributed by atoms with Crippen molar-refractivity contribution in [1.29, 1.82) is 0 Å². The Balaban J connectivity index is 1.84. The lowest BCUT2D eigenvalue weighted by molar-refractivity contribution is -0.126. The van der Waals surface area contributed by atoms with E-state index >= 15 is 0 Å². The molecule has 3 heteroatoms. The molecule has 1 atom stereocenters. The van der Waals surface area contributed by atoms with E-state index in [0.29, 0.717) is 5.92 Å². The monoisotopic (exact) mass is 260 g/mol. The zero-order chi connectivity index (χ0) is 13.7. The number of hydrogen-bond donors (Lipinski definition) is 2. The molecule has 1 aromatic rings. The maximum atomic E-state index is 12.2. The standard InChI is InChI=1S/C16H24N2O/c1-12(14-5-3-2-4-6-14)18-16(19)15-9-7-13(11-17)8-10-15/h2-6,12-13,15H,7-11,17H2,1H3,(H,18,19)/t12-,13?,15?/m1/s1. The molecule has 0 saturated heterocycles. The van der Waals surface area contributed by atoms with Crippen molar-refractivity contribution >= 4 is 5.91 Å². The van der Waals surface area contributed by atoms with E-state index in [1.807, 2.05) is 25.1 Å². The summed E-state index contributed by atoms with van der Waals surface area (Å²) in [6, 6.07) is 10.2. The van der Waals surface area contributed by atoms with Gasteiger partial charge in [0, 0.05) is 5.92 Å². The van der Waals surface area contributed by atoms with Crippen LogP contribution in [0.5, 0.6) is 0 Å². The Kier molecular flexibility index (Phi) is 4.97. The predicted octanol–water partition coefficient (Wildman–Crippen LogP) is 2.63. The molecule has 3 nitrogen and oxygen atoms in total. The second-order valence-corrected chi connectivity index (χ2v) is 5.59. The zero-order valence-electron chi connectivity index (χ0n) is 11.6. The highest BCUT2D eigenvalue weighted by Crippen LogP contribution is 2.28. The van der Waals surface area contributed by atoms with E-state index in [1.54, 1.807) is 0 Å². The highest BCUT2D eigenvalue weighted by Gasteiger charge is 2.26. The summed E-state index contributed by atoms with van der Waals surface area (Å²) < 4.78 is 0. The first-order valence-corrected chi connectivity index (χ1v) is 7.26. The number of carbonyl (C=O) groups is 1. The van der Waals surface area contributed by atoms with Crippen molar-refractivity contribution in [2.24, 2.45) is 17.6 Å². The van der Waals surface area contributed by atoms with Gasteiger partial charge in [-0.2, -0.15) is 0 Å². The van der Waals surface area contributed by atoms with E-state index in [1.165, 1.54) is 0 Å². The van der Waals surface area contributed by atoms with Crippen LogP contribution in [0, 0.1) is 11.8 Å². The first kappa shape index (κ1) is 14.1. The third-order valence-corrected chi connectivity index (χ3v) is 4.21. The number of hydrogen-bond acceptors (Lipinski definition) is 2. The van der Waals surface area contributed by atoms with Gasteiger partial charge in [-0.05, 0) is 50.6 Å². The predicted molar refractivity (Wildman–Crippen MR) is 77.5 cm³/mol. The molecule has 0 unspecified atom stereocenters. The van der Waals surface area contributed by atoms with Gasteiger partial charge in [0.1, 0.15) is 0 Å². The lowest BCUT2D eigenvalue weighted by atomic mass is 9.81. The second kappa shape index (κ2) is 6.71. The van der Waals surface area contributed by atoms with E-state index < -0.39 is 0 Å². The maximum Gasteiger partial charge on any atom is 0.223 e. The van der Waals surface area contributed by atoms with Crippen LogP contribution in [0.25, 0.3) is 0 Å². The normalized spacial score (nSPS) is 24.7. The summed E-state index contributed by atoms with van der Waals surface area (Å²) >= 11 is 0. The van der Waals surface area contributed by atoms with Crippen molar-refractivity contribution in [3.63, 3.8) is 0 Å². The van der Waals surface area contributed by atoms with E-state index in [9.17, 15) is 4.79 Å². The van der Waals surface area contributed by atoms with Crippen LogP contribution in [0.15, 0.2) is 30.3 Å². The Bertz CT molecular complexity index is 396. The van der Waals surface area contributed by atoms with Crippen LogP contribution in [-0.2, 0) is 4.79 Å². The third-order valence-electron chi connectivity index (χ3n) is 4.21. The molecule has 0 aromatic heterocycles. The summed E-state index contributed by atoms with van der Waals surface area (Å²) in [6.07, 6.45) is 4.15. The van der Waals surface area contributed by atoms with Crippen LogP contribution in [0.4, 0.5) is 0 Å². The third kappa shape index (κ3) is 3.80. The van der Waals surface area contributed by atoms with Crippen LogP contribution in [0.3, 0.4) is 0 Å². The van der Waals surface area contributed by atoms with Gasteiger partial charge in [-0.1, -0.05) is 30.3 Å². The summed E-state index contributed by atoms with van der Waals surface area (Å²) in [7, 11) is 0. The van der Waals surface area contributed by atoms with Gasteiger partial charge in [0.05, 0.1) is 6.04 Å². The van der Waals surface area contributed by atoms with Crippen LogP contribution in [0.2, 0.25) is 0 Å². The molecule has 0 radical (unpaired) electrons. The van der Waals surface area contributed by atoms with Gasteiger partial charge in [0.15, 0.2) is 0 Å². The number of nitrogens with one attached hydrogen (secondary N) is 1. The summed E-state index contributed by atoms with van der Waals surface area (Å²) in [5, 5.41) is 3.13. The molecule has 19 heavy (non-hydrogen) atoms. The van der Waals surface area contributed by atoms with E-state index in [4.69, 9.17) is 5.73 Å². The molecule has 2 rings (SSSR count). The smallest absolute Gasteiger partial charge is 0.223 e. The Hall–Kier alpha value is -1.35. The van der Waals surface area contributed by atoms with Crippen molar-refractivity contribution in [2.75, 3.05) is 6.54 Å². The number of rotatable bonds is 4. The Labute approximate surface area is 115 Å². The van der Waals surface area contributed by atoms with Crippen molar-refractivity contribution in [1.82, 2.24) is 5.32 Å². The molecule has 1 amide bonds. The highest BCUT2D eigenvalue weighted by atomic mass is 16.1. The highest BCUT2D eigenvalue weighted by molar-refractivity contribution is 5.79. The average Bonchev–Trinajstić information content (AvgIpc) is 2.48. The molecule has 3 N–H and O–H groups in total. The quantitative estimate of drug-likeness (QED) is 0.874. The van der Waals surface area contributed by atoms with Gasteiger partial charge in [0.25, 0.3) is 0 Å². The van der Waals surface area contributed by atoms with Gasteiger partial charge in [-0.3, -0.25) is 4.79 Å². The molecular weight excluding hydrogens is 236 g/mol. The molecule has 1 fully saturated rings. The van der Waals surface area contributed by atoms with Crippen LogP contribution in [0.1, 0.15) is 44.2 Å². The summed E-state index contributed by atoms with van der Waals surface area (Å²) in [4.78, 5) is 12.2.